The van der Waals surface area contributed by atoms with Gasteiger partial charge in [0.15, 0.2) is 8.68 Å². The van der Waals surface area contributed by atoms with Crippen molar-refractivity contribution in [2.24, 2.45) is 0 Å². The van der Waals surface area contributed by atoms with Gasteiger partial charge in [0.25, 0.3) is 0 Å². The largest absolute Gasteiger partial charge is 0.338 e. The first-order valence-corrected chi connectivity index (χ1v) is 8.86. The van der Waals surface area contributed by atoms with Gasteiger partial charge in [-0.05, 0) is 19.6 Å². The lowest BCUT2D eigenvalue weighted by Crippen LogP contribution is -2.33. The fourth-order valence-electron chi connectivity index (χ4n) is 1.35. The van der Waals surface area contributed by atoms with E-state index in [1.54, 1.807) is 28.0 Å². The summed E-state index contributed by atoms with van der Waals surface area (Å²) in [5.41, 5.74) is 0.998. The van der Waals surface area contributed by atoms with Crippen molar-refractivity contribution in [3.05, 3.63) is 12.2 Å². The van der Waals surface area contributed by atoms with Crippen molar-refractivity contribution >= 4 is 40.8 Å². The van der Waals surface area contributed by atoms with E-state index in [0.717, 1.165) is 20.0 Å². The monoisotopic (exact) mass is 317 g/mol. The third kappa shape index (κ3) is 5.97. The molecule has 0 aromatic carbocycles. The first kappa shape index (κ1) is 16.5. The predicted molar refractivity (Wildman–Crippen MR) is 84.1 cm³/mol. The van der Waals surface area contributed by atoms with Crippen LogP contribution >= 0.6 is 34.9 Å². The van der Waals surface area contributed by atoms with Crippen LogP contribution in [0.15, 0.2) is 20.8 Å². The molecule has 0 aliphatic rings. The van der Waals surface area contributed by atoms with Gasteiger partial charge in [-0.15, -0.1) is 10.2 Å². The maximum atomic E-state index is 12.0. The van der Waals surface area contributed by atoms with Gasteiger partial charge < -0.3 is 4.90 Å². The van der Waals surface area contributed by atoms with Crippen LogP contribution in [0.3, 0.4) is 0 Å². The van der Waals surface area contributed by atoms with E-state index >= 15 is 0 Å². The lowest BCUT2D eigenvalue weighted by molar-refractivity contribution is -0.127. The van der Waals surface area contributed by atoms with Gasteiger partial charge in [0.05, 0.1) is 5.75 Å². The second kappa shape index (κ2) is 8.60. The molecule has 19 heavy (non-hydrogen) atoms. The molecule has 1 heterocycles. The SMILES string of the molecule is C=C(C)CN(CC)C(=O)CSc1nnc(SCC)s1. The van der Waals surface area contributed by atoms with Crippen LogP contribution in [-0.2, 0) is 4.79 Å². The van der Waals surface area contributed by atoms with Crippen molar-refractivity contribution < 1.29 is 4.79 Å². The Morgan fingerprint density at radius 3 is 2.47 bits per heavy atom. The first-order chi connectivity index (χ1) is 9.06. The van der Waals surface area contributed by atoms with Gasteiger partial charge in [-0.25, -0.2) is 0 Å². The van der Waals surface area contributed by atoms with Crippen molar-refractivity contribution in [2.75, 3.05) is 24.6 Å². The highest BCUT2D eigenvalue weighted by Crippen LogP contribution is 2.28. The number of carbonyl (C=O) groups is 1. The summed E-state index contributed by atoms with van der Waals surface area (Å²) in [5, 5.41) is 8.14. The molecule has 0 N–H and O–H groups in total. The van der Waals surface area contributed by atoms with E-state index in [4.69, 9.17) is 0 Å². The molecule has 0 fully saturated rings. The molecular formula is C12H19N3OS3. The average molecular weight is 318 g/mol. The maximum Gasteiger partial charge on any atom is 0.233 e. The molecule has 1 rings (SSSR count). The number of aromatic nitrogens is 2. The molecule has 0 aliphatic heterocycles. The zero-order valence-corrected chi connectivity index (χ0v) is 14.0. The number of amides is 1. The fourth-order valence-corrected chi connectivity index (χ4v) is 4.17. The Balaban J connectivity index is 2.45. The summed E-state index contributed by atoms with van der Waals surface area (Å²) in [6.07, 6.45) is 0. The van der Waals surface area contributed by atoms with Crippen molar-refractivity contribution in [2.45, 2.75) is 29.5 Å². The number of nitrogens with zero attached hydrogens (tertiary/aromatic N) is 3. The van der Waals surface area contributed by atoms with Gasteiger partial charge in [-0.2, -0.15) is 0 Å². The van der Waals surface area contributed by atoms with Gasteiger partial charge in [0.1, 0.15) is 0 Å². The van der Waals surface area contributed by atoms with Gasteiger partial charge >= 0.3 is 0 Å². The third-order valence-corrected chi connectivity index (χ3v) is 5.23. The molecular weight excluding hydrogens is 298 g/mol. The number of rotatable bonds is 8. The number of carbonyl (C=O) groups excluding carboxylic acids is 1. The van der Waals surface area contributed by atoms with E-state index in [1.807, 2.05) is 13.8 Å². The maximum absolute atomic E-state index is 12.0. The molecule has 1 aromatic heterocycles. The summed E-state index contributed by atoms with van der Waals surface area (Å²) in [6.45, 7) is 11.2. The van der Waals surface area contributed by atoms with E-state index < -0.39 is 0 Å². The van der Waals surface area contributed by atoms with E-state index in [1.165, 1.54) is 11.8 Å². The molecule has 106 valence electrons. The Morgan fingerprint density at radius 1 is 1.32 bits per heavy atom. The van der Waals surface area contributed by atoms with Gasteiger partial charge in [-0.1, -0.05) is 53.9 Å². The van der Waals surface area contributed by atoms with E-state index in [-0.39, 0.29) is 5.91 Å². The zero-order valence-electron chi connectivity index (χ0n) is 11.5. The highest BCUT2D eigenvalue weighted by atomic mass is 32.2. The Bertz CT molecular complexity index is 434. The van der Waals surface area contributed by atoms with Crippen molar-refractivity contribution in [3.8, 4) is 0 Å². The molecule has 1 amide bonds. The number of hydrogen-bond acceptors (Lipinski definition) is 6. The third-order valence-electron chi connectivity index (χ3n) is 2.17. The number of hydrogen-bond donors (Lipinski definition) is 0. The molecule has 7 heteroatoms. The second-order valence-electron chi connectivity index (χ2n) is 3.92. The average Bonchev–Trinajstić information content (AvgIpc) is 2.81. The first-order valence-electron chi connectivity index (χ1n) is 6.08. The summed E-state index contributed by atoms with van der Waals surface area (Å²) in [6, 6.07) is 0. The summed E-state index contributed by atoms with van der Waals surface area (Å²) < 4.78 is 1.82. The van der Waals surface area contributed by atoms with Crippen LogP contribution in [-0.4, -0.2) is 45.6 Å². The fraction of sp³-hybridized carbons (Fsp3) is 0.583. The van der Waals surface area contributed by atoms with Gasteiger partial charge in [0.2, 0.25) is 5.91 Å². The smallest absolute Gasteiger partial charge is 0.233 e. The van der Waals surface area contributed by atoms with Crippen LogP contribution in [0, 0.1) is 0 Å². The lowest BCUT2D eigenvalue weighted by Gasteiger charge is -2.20. The quantitative estimate of drug-likeness (QED) is 0.544. The Hall–Kier alpha value is -0.530. The topological polar surface area (TPSA) is 46.1 Å². The predicted octanol–water partition coefficient (Wildman–Crippen LogP) is 3.17. The van der Waals surface area contributed by atoms with Crippen LogP contribution in [0.25, 0.3) is 0 Å². The van der Waals surface area contributed by atoms with Crippen LogP contribution in [0.5, 0.6) is 0 Å². The molecule has 0 unspecified atom stereocenters. The molecule has 0 radical (unpaired) electrons. The Morgan fingerprint density at radius 2 is 1.95 bits per heavy atom. The summed E-state index contributed by atoms with van der Waals surface area (Å²) in [4.78, 5) is 13.8. The summed E-state index contributed by atoms with van der Waals surface area (Å²) in [7, 11) is 0. The number of likely N-dealkylation sites (N-methyl/N-ethyl adjacent to an activating group) is 1. The lowest BCUT2D eigenvalue weighted by atomic mass is 10.3. The summed E-state index contributed by atoms with van der Waals surface area (Å²) >= 11 is 4.68. The highest BCUT2D eigenvalue weighted by Gasteiger charge is 2.13. The minimum absolute atomic E-state index is 0.121. The van der Waals surface area contributed by atoms with Crippen molar-refractivity contribution in [1.29, 1.82) is 0 Å². The molecule has 1 aromatic rings. The van der Waals surface area contributed by atoms with Gasteiger partial charge in [0, 0.05) is 13.1 Å². The van der Waals surface area contributed by atoms with E-state index in [9.17, 15) is 4.79 Å². The molecule has 0 spiro atoms. The van der Waals surface area contributed by atoms with Gasteiger partial charge in [-0.3, -0.25) is 4.79 Å². The molecule has 0 saturated heterocycles. The Kier molecular flexibility index (Phi) is 7.48. The second-order valence-corrected chi connectivity index (χ2v) is 7.63. The van der Waals surface area contributed by atoms with Crippen LogP contribution < -0.4 is 0 Å². The van der Waals surface area contributed by atoms with E-state index in [0.29, 0.717) is 18.8 Å². The molecule has 0 saturated carbocycles. The Labute approximate surface area is 127 Å². The normalized spacial score (nSPS) is 10.5. The molecule has 0 bridgehead atoms. The minimum Gasteiger partial charge on any atom is -0.338 e. The van der Waals surface area contributed by atoms with E-state index in [2.05, 4.69) is 23.7 Å². The number of thioether (sulfide) groups is 2. The van der Waals surface area contributed by atoms with Crippen molar-refractivity contribution in [1.82, 2.24) is 15.1 Å². The zero-order chi connectivity index (χ0) is 14.3. The highest BCUT2D eigenvalue weighted by molar-refractivity contribution is 8.03. The standard InChI is InChI=1S/C12H19N3OS3/c1-5-15(7-9(3)4)10(16)8-18-12-14-13-11(19-12)17-6-2/h3,5-8H2,1-2,4H3. The molecule has 0 aliphatic carbocycles. The molecule has 4 nitrogen and oxygen atoms in total. The summed E-state index contributed by atoms with van der Waals surface area (Å²) in [5.74, 6) is 1.52. The van der Waals surface area contributed by atoms with Crippen LogP contribution in [0.2, 0.25) is 0 Å². The van der Waals surface area contributed by atoms with Crippen LogP contribution in [0.4, 0.5) is 0 Å². The molecule has 0 atom stereocenters. The van der Waals surface area contributed by atoms with Crippen molar-refractivity contribution in [3.63, 3.8) is 0 Å². The van der Waals surface area contributed by atoms with Crippen LogP contribution in [0.1, 0.15) is 20.8 Å². The minimum atomic E-state index is 0.121.